The highest BCUT2D eigenvalue weighted by Crippen LogP contribution is 2.44. The number of nitrogens with two attached hydrogens (primary N) is 2. The zero-order chi connectivity index (χ0) is 23.5. The van der Waals surface area contributed by atoms with Crippen molar-refractivity contribution in [1.82, 2.24) is 5.32 Å². The van der Waals surface area contributed by atoms with E-state index < -0.39 is 18.3 Å². The quantitative estimate of drug-likeness (QED) is 0.353. The number of aliphatic hydroxyl groups excluding tert-OH is 2. The lowest BCUT2D eigenvalue weighted by Gasteiger charge is -2.20. The van der Waals surface area contributed by atoms with E-state index in [1.807, 2.05) is 24.3 Å². The van der Waals surface area contributed by atoms with Crippen LogP contribution in [-0.4, -0.2) is 35.6 Å². The Balaban J connectivity index is 1.29. The van der Waals surface area contributed by atoms with E-state index in [2.05, 4.69) is 29.6 Å². The number of alkyl carbamates (subject to hydrolysis) is 1. The highest BCUT2D eigenvalue weighted by Gasteiger charge is 2.29. The summed E-state index contributed by atoms with van der Waals surface area (Å²) in [5.41, 5.74) is 18.3. The Labute approximate surface area is 193 Å². The van der Waals surface area contributed by atoms with Gasteiger partial charge in [0.25, 0.3) is 0 Å². The molecular formula is C26H29N3O4. The largest absolute Gasteiger partial charge is 0.449 e. The number of carbonyl (C=O) groups excluding carboxylic acids is 1. The Morgan fingerprint density at radius 2 is 1.64 bits per heavy atom. The molecule has 0 radical (unpaired) electrons. The molecule has 172 valence electrons. The lowest BCUT2D eigenvalue weighted by molar-refractivity contribution is 0.0137. The summed E-state index contributed by atoms with van der Waals surface area (Å²) < 4.78 is 5.49. The maximum atomic E-state index is 12.3. The van der Waals surface area contributed by atoms with Crippen LogP contribution in [0.3, 0.4) is 0 Å². The lowest BCUT2D eigenvalue weighted by Crippen LogP contribution is -2.30. The molecule has 1 amide bonds. The molecule has 7 nitrogen and oxygen atoms in total. The fraction of sp³-hybridized carbons (Fsp3) is 0.269. The molecule has 4 rings (SSSR count). The van der Waals surface area contributed by atoms with E-state index in [-0.39, 0.29) is 25.5 Å². The number of ether oxygens (including phenoxy) is 1. The van der Waals surface area contributed by atoms with Crippen molar-refractivity contribution in [1.29, 1.82) is 0 Å². The van der Waals surface area contributed by atoms with Gasteiger partial charge in [-0.3, -0.25) is 0 Å². The Kier molecular flexibility index (Phi) is 6.53. The highest BCUT2D eigenvalue weighted by atomic mass is 16.5. The normalized spacial score (nSPS) is 14.3. The molecule has 0 saturated heterocycles. The summed E-state index contributed by atoms with van der Waals surface area (Å²) in [5, 5.41) is 23.4. The number of amides is 1. The zero-order valence-corrected chi connectivity index (χ0v) is 18.5. The van der Waals surface area contributed by atoms with Gasteiger partial charge >= 0.3 is 6.09 Å². The van der Waals surface area contributed by atoms with Crippen LogP contribution in [-0.2, 0) is 4.74 Å². The SMILES string of the molecule is Cc1cc(C(O)C(O)CCNC(=O)OCC2c3ccccc3-c3ccccc32)cc(N)c1N. The fourth-order valence-electron chi connectivity index (χ4n) is 4.38. The number of aliphatic hydroxyl groups is 2. The minimum absolute atomic E-state index is 0.0187. The number of hydrogen-bond donors (Lipinski definition) is 5. The molecule has 7 N–H and O–H groups in total. The molecule has 0 bridgehead atoms. The number of nitrogen functional groups attached to an aromatic ring is 2. The van der Waals surface area contributed by atoms with Gasteiger partial charge in [-0.2, -0.15) is 0 Å². The predicted molar refractivity (Wildman–Crippen MR) is 129 cm³/mol. The van der Waals surface area contributed by atoms with Gasteiger partial charge in [0.1, 0.15) is 12.7 Å². The number of nitrogens with one attached hydrogen (secondary N) is 1. The summed E-state index contributed by atoms with van der Waals surface area (Å²) in [4.78, 5) is 12.3. The van der Waals surface area contributed by atoms with E-state index in [0.717, 1.165) is 27.8 Å². The fourth-order valence-corrected chi connectivity index (χ4v) is 4.38. The van der Waals surface area contributed by atoms with Gasteiger partial charge in [-0.15, -0.1) is 0 Å². The van der Waals surface area contributed by atoms with Gasteiger partial charge in [-0.05, 0) is 52.8 Å². The van der Waals surface area contributed by atoms with Crippen molar-refractivity contribution in [3.05, 3.63) is 82.9 Å². The molecule has 0 saturated carbocycles. The van der Waals surface area contributed by atoms with Crippen LogP contribution in [0.4, 0.5) is 16.2 Å². The summed E-state index contributed by atoms with van der Waals surface area (Å²) in [5.74, 6) is -0.0187. The summed E-state index contributed by atoms with van der Waals surface area (Å²) in [6.45, 7) is 2.15. The van der Waals surface area contributed by atoms with Crippen LogP contribution in [0.1, 0.15) is 40.7 Å². The van der Waals surface area contributed by atoms with Crippen molar-refractivity contribution in [3.63, 3.8) is 0 Å². The minimum atomic E-state index is -1.14. The Morgan fingerprint density at radius 3 is 2.24 bits per heavy atom. The molecule has 7 heteroatoms. The zero-order valence-electron chi connectivity index (χ0n) is 18.5. The Bertz CT molecular complexity index is 1100. The Hall–Kier alpha value is -3.55. The molecule has 0 aliphatic heterocycles. The third-order valence-corrected chi connectivity index (χ3v) is 6.20. The smallest absolute Gasteiger partial charge is 0.407 e. The van der Waals surface area contributed by atoms with Gasteiger partial charge in [-0.1, -0.05) is 54.6 Å². The van der Waals surface area contributed by atoms with Crippen LogP contribution < -0.4 is 16.8 Å². The molecule has 0 heterocycles. The molecule has 2 unspecified atom stereocenters. The molecule has 33 heavy (non-hydrogen) atoms. The first-order chi connectivity index (χ1) is 15.9. The average molecular weight is 448 g/mol. The third-order valence-electron chi connectivity index (χ3n) is 6.20. The molecule has 0 aromatic heterocycles. The third kappa shape index (κ3) is 4.65. The van der Waals surface area contributed by atoms with E-state index in [1.54, 1.807) is 19.1 Å². The lowest BCUT2D eigenvalue weighted by atomic mass is 9.98. The standard InChI is InChI=1S/C26H29N3O4/c1-15-12-16(13-22(27)24(15)28)25(31)23(30)10-11-29-26(32)33-14-21-19-8-4-2-6-17(19)18-7-3-5-9-20(18)21/h2-9,12-13,21,23,25,30-31H,10-11,14,27-28H2,1H3,(H,29,32). The van der Waals surface area contributed by atoms with Gasteiger partial charge in [0.2, 0.25) is 0 Å². The number of hydrogen-bond acceptors (Lipinski definition) is 6. The summed E-state index contributed by atoms with van der Waals surface area (Å²) in [6.07, 6.45) is -2.64. The van der Waals surface area contributed by atoms with Gasteiger partial charge < -0.3 is 31.7 Å². The topological polar surface area (TPSA) is 131 Å². The van der Waals surface area contributed by atoms with Crippen LogP contribution in [0.5, 0.6) is 0 Å². The van der Waals surface area contributed by atoms with Crippen molar-refractivity contribution in [2.45, 2.75) is 31.5 Å². The second kappa shape index (κ2) is 9.52. The maximum absolute atomic E-state index is 12.3. The van der Waals surface area contributed by atoms with E-state index >= 15 is 0 Å². The van der Waals surface area contributed by atoms with Crippen molar-refractivity contribution in [3.8, 4) is 11.1 Å². The Morgan fingerprint density at radius 1 is 1.03 bits per heavy atom. The molecule has 1 aliphatic carbocycles. The number of carbonyl (C=O) groups is 1. The first-order valence-electron chi connectivity index (χ1n) is 11.0. The molecule has 0 spiro atoms. The first-order valence-corrected chi connectivity index (χ1v) is 11.0. The summed E-state index contributed by atoms with van der Waals surface area (Å²) in [6, 6.07) is 19.5. The van der Waals surface area contributed by atoms with Crippen molar-refractivity contribution >= 4 is 17.5 Å². The van der Waals surface area contributed by atoms with Gasteiger partial charge in [0.05, 0.1) is 17.5 Å². The second-order valence-corrected chi connectivity index (χ2v) is 8.39. The number of aryl methyl sites for hydroxylation is 1. The monoisotopic (exact) mass is 447 g/mol. The first kappa shape index (κ1) is 22.6. The number of rotatable bonds is 7. The van der Waals surface area contributed by atoms with Gasteiger partial charge in [-0.25, -0.2) is 4.79 Å². The maximum Gasteiger partial charge on any atom is 0.407 e. The average Bonchev–Trinajstić information content (AvgIpc) is 3.14. The summed E-state index contributed by atoms with van der Waals surface area (Å²) in [7, 11) is 0. The van der Waals surface area contributed by atoms with Gasteiger partial charge in [0, 0.05) is 12.5 Å². The van der Waals surface area contributed by atoms with Crippen LogP contribution in [0.15, 0.2) is 60.7 Å². The van der Waals surface area contributed by atoms with Crippen molar-refractivity contribution < 1.29 is 19.7 Å². The van der Waals surface area contributed by atoms with E-state index in [9.17, 15) is 15.0 Å². The van der Waals surface area contributed by atoms with E-state index in [4.69, 9.17) is 16.2 Å². The molecule has 3 aromatic carbocycles. The second-order valence-electron chi connectivity index (χ2n) is 8.39. The van der Waals surface area contributed by atoms with E-state index in [1.165, 1.54) is 0 Å². The molecule has 1 aliphatic rings. The molecule has 3 aromatic rings. The minimum Gasteiger partial charge on any atom is -0.449 e. The van der Waals surface area contributed by atoms with Crippen LogP contribution >= 0.6 is 0 Å². The van der Waals surface area contributed by atoms with Crippen LogP contribution in [0.2, 0.25) is 0 Å². The molecule has 0 fully saturated rings. The predicted octanol–water partition coefficient (Wildman–Crippen LogP) is 3.48. The highest BCUT2D eigenvalue weighted by molar-refractivity contribution is 5.79. The van der Waals surface area contributed by atoms with E-state index in [0.29, 0.717) is 16.9 Å². The van der Waals surface area contributed by atoms with Crippen LogP contribution in [0.25, 0.3) is 11.1 Å². The summed E-state index contributed by atoms with van der Waals surface area (Å²) >= 11 is 0. The molecular weight excluding hydrogens is 418 g/mol. The van der Waals surface area contributed by atoms with Crippen LogP contribution in [0, 0.1) is 6.92 Å². The van der Waals surface area contributed by atoms with Crippen molar-refractivity contribution in [2.24, 2.45) is 0 Å². The van der Waals surface area contributed by atoms with Crippen molar-refractivity contribution in [2.75, 3.05) is 24.6 Å². The number of benzene rings is 3. The molecule has 2 atom stereocenters. The van der Waals surface area contributed by atoms with Gasteiger partial charge in [0.15, 0.2) is 0 Å². The number of anilines is 2. The number of fused-ring (bicyclic) bond motifs is 3.